The molecule has 3 aromatic heterocycles. The number of likely N-dealkylation sites (tertiary alicyclic amines) is 2. The summed E-state index contributed by atoms with van der Waals surface area (Å²) in [6.07, 6.45) is 14.6. The van der Waals surface area contributed by atoms with Gasteiger partial charge in [0.2, 0.25) is 11.8 Å². The molecule has 14 rings (SSSR count). The Balaban J connectivity index is 0.774. The largest absolute Gasteiger partial charge is 0.464 e. The molecule has 1 spiro atoms. The van der Waals surface area contributed by atoms with Crippen molar-refractivity contribution in [2.75, 3.05) is 90.7 Å². The van der Waals surface area contributed by atoms with Gasteiger partial charge in [0.25, 0.3) is 5.91 Å². The molecule has 0 radical (unpaired) electrons. The molecule has 2 N–H and O–H groups in total. The summed E-state index contributed by atoms with van der Waals surface area (Å²) in [6, 6.07) is 8.36. The molecule has 6 saturated heterocycles. The summed E-state index contributed by atoms with van der Waals surface area (Å²) in [5.41, 5.74) is 10.8. The number of morpholine rings is 1. The normalized spacial score (nSPS) is 30.6. The lowest BCUT2D eigenvalue weighted by Gasteiger charge is -2.44. The first-order valence-electron chi connectivity index (χ1n) is 31.8. The van der Waals surface area contributed by atoms with Crippen LogP contribution >= 0.6 is 11.3 Å². The van der Waals surface area contributed by atoms with Crippen molar-refractivity contribution in [1.29, 1.82) is 0 Å². The number of benzene rings is 1. The molecule has 3 aliphatic carbocycles. The van der Waals surface area contributed by atoms with Crippen molar-refractivity contribution in [3.05, 3.63) is 52.1 Å². The molecule has 9 atom stereocenters. The lowest BCUT2D eigenvalue weighted by Crippen LogP contribution is -2.62. The Bertz CT molecular complexity index is 3110. The monoisotopic (exact) mass is 1150 g/mol. The van der Waals surface area contributed by atoms with Crippen LogP contribution in [0.15, 0.2) is 35.8 Å². The van der Waals surface area contributed by atoms with Crippen LogP contribution in [0.2, 0.25) is 0 Å². The van der Waals surface area contributed by atoms with E-state index in [1.165, 1.54) is 37.0 Å². The van der Waals surface area contributed by atoms with Gasteiger partial charge in [-0.1, -0.05) is 32.8 Å². The molecule has 4 aromatic rings. The molecular formula is C64H87N11O7S. The highest BCUT2D eigenvalue weighted by Gasteiger charge is 2.64. The number of thiazole rings is 1. The molecule has 3 amide bonds. The summed E-state index contributed by atoms with van der Waals surface area (Å²) in [4.78, 5) is 81.7. The second-order valence-electron chi connectivity index (χ2n) is 27.3. The van der Waals surface area contributed by atoms with Crippen LogP contribution in [-0.4, -0.2) is 191 Å². The van der Waals surface area contributed by atoms with Crippen LogP contribution in [0.1, 0.15) is 127 Å². The van der Waals surface area contributed by atoms with Crippen LogP contribution in [0.3, 0.4) is 0 Å². The molecule has 10 heterocycles. The summed E-state index contributed by atoms with van der Waals surface area (Å²) < 4.78 is 20.8. The van der Waals surface area contributed by atoms with Crippen molar-refractivity contribution in [2.24, 2.45) is 22.7 Å². The number of fused-ring (bicyclic) bond motifs is 7. The fourth-order valence-electron chi connectivity index (χ4n) is 16.1. The minimum atomic E-state index is -0.933. The number of hydrogen-bond donors (Lipinski definition) is 2. The molecule has 9 fully saturated rings. The molecule has 7 aliphatic heterocycles. The Morgan fingerprint density at radius 3 is 2.58 bits per heavy atom. The number of nitrogens with one attached hydrogen (secondary N) is 2. The van der Waals surface area contributed by atoms with E-state index >= 15 is 9.59 Å². The number of cyclic esters (lactones) is 1. The van der Waals surface area contributed by atoms with E-state index in [9.17, 15) is 9.59 Å². The zero-order valence-electron chi connectivity index (χ0n) is 49.6. The van der Waals surface area contributed by atoms with Crippen LogP contribution < -0.4 is 15.6 Å². The minimum Gasteiger partial charge on any atom is -0.464 e. The van der Waals surface area contributed by atoms with Gasteiger partial charge in [0.15, 0.2) is 0 Å². The maximum absolute atomic E-state index is 15.4. The summed E-state index contributed by atoms with van der Waals surface area (Å²) in [5.74, 6) is 0.423. The second-order valence-corrected chi connectivity index (χ2v) is 28.3. The fraction of sp³-hybridized carbons (Fsp3) is 0.688. The molecule has 18 nitrogen and oxygen atoms in total. The highest BCUT2D eigenvalue weighted by molar-refractivity contribution is 7.10. The molecule has 19 heteroatoms. The first-order valence-corrected chi connectivity index (χ1v) is 32.7. The van der Waals surface area contributed by atoms with Crippen LogP contribution in [0.25, 0.3) is 33.4 Å². The van der Waals surface area contributed by atoms with Crippen LogP contribution in [0.4, 0.5) is 5.69 Å². The summed E-state index contributed by atoms with van der Waals surface area (Å²) in [6.45, 7) is 18.2. The van der Waals surface area contributed by atoms with Gasteiger partial charge < -0.3 is 33.9 Å². The summed E-state index contributed by atoms with van der Waals surface area (Å²) in [5, 5.41) is 8.87. The number of nitrogens with zero attached hydrogens (tertiary/aromatic N) is 9. The number of anilines is 1. The Hall–Kier alpha value is -5.02. The maximum Gasteiger partial charge on any atom is 0.324 e. The Morgan fingerprint density at radius 2 is 1.78 bits per heavy atom. The van der Waals surface area contributed by atoms with E-state index in [1.807, 2.05) is 6.20 Å². The highest BCUT2D eigenvalue weighted by Crippen LogP contribution is 2.54. The van der Waals surface area contributed by atoms with E-state index in [1.54, 1.807) is 12.1 Å². The Morgan fingerprint density at radius 1 is 0.952 bits per heavy atom. The SMILES string of the molecule is CCn1c(-c2cc(N3CCN4CCOC[C@@H]4C3)cnc2[C@H](C)OC)c2c3cc(ccc31)-c1csc(n1)C[C@H](NC(=O)C(C1CCCC1)N1CC[C@]3(CCN(C(=O)[C@H]4C(C5CC5)N4C4CC4)C3)C1)C(=O)N1CCC[C@H](N1)C(=O)OCC(C)(C)C2. The van der Waals surface area contributed by atoms with E-state index in [4.69, 9.17) is 24.2 Å². The van der Waals surface area contributed by atoms with Crippen molar-refractivity contribution in [3.8, 4) is 22.5 Å². The van der Waals surface area contributed by atoms with Crippen molar-refractivity contribution in [3.63, 3.8) is 0 Å². The number of rotatable bonds is 12. The van der Waals surface area contributed by atoms with Crippen molar-refractivity contribution >= 4 is 51.6 Å². The van der Waals surface area contributed by atoms with Gasteiger partial charge in [-0.3, -0.25) is 43.9 Å². The van der Waals surface area contributed by atoms with E-state index in [0.717, 1.165) is 159 Å². The first kappa shape index (κ1) is 55.8. The number of pyridine rings is 1. The number of amides is 3. The molecule has 446 valence electrons. The molecule has 3 unspecified atom stereocenters. The quantitative estimate of drug-likeness (QED) is 0.112. The van der Waals surface area contributed by atoms with Crippen LogP contribution in [0, 0.1) is 22.7 Å². The second kappa shape index (κ2) is 22.4. The molecule has 3 saturated carbocycles. The molecule has 10 aliphatic rings. The van der Waals surface area contributed by atoms with Crippen molar-refractivity contribution in [1.82, 2.24) is 49.9 Å². The fourth-order valence-corrected chi connectivity index (χ4v) is 17.0. The average molecular weight is 1150 g/mol. The van der Waals surface area contributed by atoms with E-state index < -0.39 is 29.5 Å². The van der Waals surface area contributed by atoms with Crippen LogP contribution in [-0.2, 0) is 52.8 Å². The van der Waals surface area contributed by atoms with Gasteiger partial charge in [0.05, 0.1) is 72.0 Å². The Kier molecular flexibility index (Phi) is 15.0. The molecular weight excluding hydrogens is 1070 g/mol. The lowest BCUT2D eigenvalue weighted by atomic mass is 9.84. The number of hydrogen-bond acceptors (Lipinski definition) is 15. The third kappa shape index (κ3) is 10.8. The third-order valence-corrected chi connectivity index (χ3v) is 21.8. The Labute approximate surface area is 493 Å². The number of carbonyl (C=O) groups excluding carboxylic acids is 4. The van der Waals surface area contributed by atoms with Gasteiger partial charge in [-0.2, -0.15) is 0 Å². The highest BCUT2D eigenvalue weighted by atomic mass is 32.1. The number of aromatic nitrogens is 3. The number of carbonyl (C=O) groups is 4. The van der Waals surface area contributed by atoms with Gasteiger partial charge in [-0.15, -0.1) is 11.3 Å². The van der Waals surface area contributed by atoms with Crippen molar-refractivity contribution < 1.29 is 33.4 Å². The lowest BCUT2D eigenvalue weighted by molar-refractivity contribution is -0.155. The number of piperazine rings is 1. The minimum absolute atomic E-state index is 0.0377. The van der Waals surface area contributed by atoms with Crippen LogP contribution in [0.5, 0.6) is 0 Å². The summed E-state index contributed by atoms with van der Waals surface area (Å²) in [7, 11) is 1.74. The van der Waals surface area contributed by atoms with E-state index in [0.29, 0.717) is 62.3 Å². The molecule has 83 heavy (non-hydrogen) atoms. The smallest absolute Gasteiger partial charge is 0.324 e. The maximum atomic E-state index is 15.4. The summed E-state index contributed by atoms with van der Waals surface area (Å²) >= 11 is 1.51. The number of methoxy groups -OCH3 is 1. The topological polar surface area (TPSA) is 170 Å². The van der Waals surface area contributed by atoms with Gasteiger partial charge in [0.1, 0.15) is 18.1 Å². The van der Waals surface area contributed by atoms with E-state index in [2.05, 4.69) is 97.1 Å². The predicted octanol–water partition coefficient (Wildman–Crippen LogP) is 6.83. The predicted molar refractivity (Wildman–Crippen MR) is 318 cm³/mol. The number of esters is 1. The van der Waals surface area contributed by atoms with E-state index in [-0.39, 0.29) is 48.3 Å². The standard InChI is InChI=1S/C64H87N11O7S/c1-6-73-52-18-15-42-28-46(52)48(57(73)47-29-44(32-65-54(47)39(2)80-5)70-25-24-69-26-27-81-34-45(69)33-70)31-63(3,4)38-82-62(79)49-12-9-21-74(68-49)60(77)50(30-53-66-51(42)35-83-53)67-59(76)56(40-10-7-8-11-40)71-22-19-64(36-71)20-23-72(37-64)61(78)58-55(41-13-14-41)75(58)43-16-17-43/h15,18,28-29,32,35,39-41,43,45,49-50,55-56,58,68H,6-14,16-17,19-27,30-31,33-34,36-38H2,1-5H3,(H,67,76)/t39-,45-,49-,50-,55?,56?,58+,64-,75?/m0/s1. The molecule has 1 aromatic carbocycles. The number of hydrazine groups is 1. The van der Waals surface area contributed by atoms with Gasteiger partial charge in [-0.25, -0.2) is 10.4 Å². The zero-order chi connectivity index (χ0) is 56.9. The zero-order valence-corrected chi connectivity index (χ0v) is 50.4. The first-order chi connectivity index (χ1) is 40.3. The number of aryl methyl sites for hydroxylation is 1. The van der Waals surface area contributed by atoms with Gasteiger partial charge >= 0.3 is 5.97 Å². The third-order valence-electron chi connectivity index (χ3n) is 21.0. The van der Waals surface area contributed by atoms with Crippen molar-refractivity contribution in [2.45, 2.75) is 173 Å². The molecule has 6 bridgehead atoms. The van der Waals surface area contributed by atoms with Gasteiger partial charge in [0, 0.05) is 123 Å². The average Bonchev–Trinajstić information content (AvgIpc) is 1.92. The van der Waals surface area contributed by atoms with Gasteiger partial charge in [-0.05, 0) is 127 Å². The number of ether oxygens (including phenoxy) is 3.